The number of ether oxygens (including phenoxy) is 1. The van der Waals surface area contributed by atoms with E-state index in [0.29, 0.717) is 6.07 Å². The van der Waals surface area contributed by atoms with Crippen molar-refractivity contribution in [3.05, 3.63) is 53.4 Å². The monoisotopic (exact) mass is 418 g/mol. The van der Waals surface area contributed by atoms with E-state index in [9.17, 15) is 31.9 Å². The summed E-state index contributed by atoms with van der Waals surface area (Å²) >= 11 is 0. The Morgan fingerprint density at radius 3 is 2.52 bits per heavy atom. The van der Waals surface area contributed by atoms with Gasteiger partial charge in [0.2, 0.25) is 5.95 Å². The summed E-state index contributed by atoms with van der Waals surface area (Å²) in [7, 11) is 0. The van der Waals surface area contributed by atoms with Crippen LogP contribution in [0.25, 0.3) is 0 Å². The lowest BCUT2D eigenvalue weighted by Crippen LogP contribution is -2.35. The van der Waals surface area contributed by atoms with E-state index in [2.05, 4.69) is 15.3 Å². The van der Waals surface area contributed by atoms with E-state index in [1.807, 2.05) is 0 Å². The number of nitrogens with one attached hydrogen (secondary N) is 1. The van der Waals surface area contributed by atoms with Crippen molar-refractivity contribution in [3.8, 4) is 0 Å². The fourth-order valence-electron chi connectivity index (χ4n) is 2.83. The van der Waals surface area contributed by atoms with E-state index in [1.165, 1.54) is 0 Å². The molecule has 0 unspecified atom stereocenters. The molecule has 7 nitrogen and oxygen atoms in total. The van der Waals surface area contributed by atoms with Crippen molar-refractivity contribution < 1.29 is 36.6 Å². The lowest BCUT2D eigenvalue weighted by molar-refractivity contribution is -0.137. The molecule has 2 heterocycles. The van der Waals surface area contributed by atoms with Gasteiger partial charge < -0.3 is 20.1 Å². The van der Waals surface area contributed by atoms with E-state index in [-0.39, 0.29) is 31.2 Å². The molecule has 0 spiro atoms. The number of hydrogen-bond donors (Lipinski definition) is 2. The molecule has 0 radical (unpaired) electrons. The summed E-state index contributed by atoms with van der Waals surface area (Å²) in [5, 5.41) is 12.0. The standard InChI is InChI=1S/C17H15F5N4O3/c18-11-4-23-15(24-5-11)25-13-6-26(16(27)28)7-14(13)29-8-9-1-2-10(3-12(9)19)17(20,21)22/h1-5,13-14H,6-8H2,(H,27,28)(H,23,24,25)/t13-,14-/m1/s1. The van der Waals surface area contributed by atoms with Crippen molar-refractivity contribution in [3.63, 3.8) is 0 Å². The molecule has 2 atom stereocenters. The molecule has 29 heavy (non-hydrogen) atoms. The molecule has 12 heteroatoms. The summed E-state index contributed by atoms with van der Waals surface area (Å²) in [6.07, 6.45) is -4.79. The van der Waals surface area contributed by atoms with Gasteiger partial charge >= 0.3 is 12.3 Å². The largest absolute Gasteiger partial charge is 0.465 e. The third kappa shape index (κ3) is 5.08. The van der Waals surface area contributed by atoms with Crippen molar-refractivity contribution in [1.29, 1.82) is 0 Å². The van der Waals surface area contributed by atoms with Crippen LogP contribution < -0.4 is 5.32 Å². The number of benzene rings is 1. The molecule has 0 aliphatic carbocycles. The van der Waals surface area contributed by atoms with Gasteiger partial charge in [0.1, 0.15) is 5.82 Å². The first-order valence-electron chi connectivity index (χ1n) is 8.32. The van der Waals surface area contributed by atoms with Crippen LogP contribution >= 0.6 is 0 Å². The summed E-state index contributed by atoms with van der Waals surface area (Å²) in [6, 6.07) is 1.45. The molecule has 1 aromatic heterocycles. The number of carbonyl (C=O) groups is 1. The minimum Gasteiger partial charge on any atom is -0.465 e. The number of aromatic nitrogens is 2. The summed E-state index contributed by atoms with van der Waals surface area (Å²) in [5.41, 5.74) is -1.23. The van der Waals surface area contributed by atoms with Gasteiger partial charge in [0.15, 0.2) is 5.82 Å². The first kappa shape index (κ1) is 20.7. The lowest BCUT2D eigenvalue weighted by Gasteiger charge is -2.20. The lowest BCUT2D eigenvalue weighted by atomic mass is 10.1. The second-order valence-electron chi connectivity index (χ2n) is 6.32. The number of halogens is 5. The Morgan fingerprint density at radius 2 is 1.93 bits per heavy atom. The van der Waals surface area contributed by atoms with Crippen LogP contribution in [0.3, 0.4) is 0 Å². The summed E-state index contributed by atoms with van der Waals surface area (Å²) < 4.78 is 70.4. The molecule has 3 rings (SSSR count). The Morgan fingerprint density at radius 1 is 1.24 bits per heavy atom. The van der Waals surface area contributed by atoms with Crippen LogP contribution in [0, 0.1) is 11.6 Å². The Kier molecular flexibility index (Phi) is 5.82. The van der Waals surface area contributed by atoms with E-state index in [4.69, 9.17) is 4.74 Å². The Balaban J connectivity index is 1.69. The molecule has 1 amide bonds. The molecular weight excluding hydrogens is 403 g/mol. The van der Waals surface area contributed by atoms with Crippen LogP contribution in [0.5, 0.6) is 0 Å². The van der Waals surface area contributed by atoms with E-state index in [0.717, 1.165) is 29.4 Å². The van der Waals surface area contributed by atoms with Gasteiger partial charge in [-0.05, 0) is 12.1 Å². The number of likely N-dealkylation sites (tertiary alicyclic amines) is 1. The topological polar surface area (TPSA) is 87.6 Å². The number of rotatable bonds is 5. The maximum atomic E-state index is 14.0. The highest BCUT2D eigenvalue weighted by atomic mass is 19.4. The molecule has 1 aromatic carbocycles. The van der Waals surface area contributed by atoms with Gasteiger partial charge in [-0.15, -0.1) is 0 Å². The van der Waals surface area contributed by atoms with Gasteiger partial charge in [0.25, 0.3) is 0 Å². The number of anilines is 1. The molecule has 1 fully saturated rings. The average molecular weight is 418 g/mol. The first-order valence-corrected chi connectivity index (χ1v) is 8.32. The van der Waals surface area contributed by atoms with Gasteiger partial charge in [-0.25, -0.2) is 23.5 Å². The van der Waals surface area contributed by atoms with Gasteiger partial charge in [0, 0.05) is 12.1 Å². The van der Waals surface area contributed by atoms with Crippen molar-refractivity contribution >= 4 is 12.0 Å². The van der Waals surface area contributed by atoms with Crippen molar-refractivity contribution in [2.24, 2.45) is 0 Å². The zero-order valence-corrected chi connectivity index (χ0v) is 14.7. The molecular formula is C17H15F5N4O3. The summed E-state index contributed by atoms with van der Waals surface area (Å²) in [6.45, 7) is -0.433. The maximum absolute atomic E-state index is 14.0. The maximum Gasteiger partial charge on any atom is 0.416 e. The highest BCUT2D eigenvalue weighted by Crippen LogP contribution is 2.30. The van der Waals surface area contributed by atoms with E-state index in [1.54, 1.807) is 0 Å². The zero-order chi connectivity index (χ0) is 21.2. The highest BCUT2D eigenvalue weighted by molar-refractivity contribution is 5.65. The quantitative estimate of drug-likeness (QED) is 0.726. The van der Waals surface area contributed by atoms with Gasteiger partial charge in [0.05, 0.1) is 43.3 Å². The number of nitrogens with zero attached hydrogens (tertiary/aromatic N) is 3. The Hall–Kier alpha value is -3.02. The van der Waals surface area contributed by atoms with Crippen LogP contribution in [-0.2, 0) is 17.5 Å². The summed E-state index contributed by atoms with van der Waals surface area (Å²) in [4.78, 5) is 19.7. The minimum atomic E-state index is -4.67. The number of hydrogen-bond acceptors (Lipinski definition) is 5. The molecule has 0 bridgehead atoms. The predicted octanol–water partition coefficient (Wildman–Crippen LogP) is 3.13. The third-order valence-corrected chi connectivity index (χ3v) is 4.30. The fourth-order valence-corrected chi connectivity index (χ4v) is 2.83. The number of amides is 1. The second-order valence-corrected chi connectivity index (χ2v) is 6.32. The van der Waals surface area contributed by atoms with Crippen LogP contribution in [-0.4, -0.2) is 51.3 Å². The molecule has 1 saturated heterocycles. The van der Waals surface area contributed by atoms with E-state index >= 15 is 0 Å². The number of carboxylic acid groups (broad SMARTS) is 1. The van der Waals surface area contributed by atoms with Gasteiger partial charge in [-0.1, -0.05) is 6.07 Å². The zero-order valence-electron chi connectivity index (χ0n) is 14.7. The van der Waals surface area contributed by atoms with Gasteiger partial charge in [-0.2, -0.15) is 13.2 Å². The van der Waals surface area contributed by atoms with Crippen LogP contribution in [0.1, 0.15) is 11.1 Å². The molecule has 0 saturated carbocycles. The van der Waals surface area contributed by atoms with Crippen LogP contribution in [0.2, 0.25) is 0 Å². The number of alkyl halides is 3. The smallest absolute Gasteiger partial charge is 0.416 e. The van der Waals surface area contributed by atoms with Crippen LogP contribution in [0.15, 0.2) is 30.6 Å². The Bertz CT molecular complexity index is 878. The first-order chi connectivity index (χ1) is 13.6. The highest BCUT2D eigenvalue weighted by Gasteiger charge is 2.37. The van der Waals surface area contributed by atoms with Crippen molar-refractivity contribution in [2.45, 2.75) is 24.9 Å². The molecule has 1 aliphatic heterocycles. The fraction of sp³-hybridized carbons (Fsp3) is 0.353. The average Bonchev–Trinajstić information content (AvgIpc) is 3.05. The third-order valence-electron chi connectivity index (χ3n) is 4.30. The van der Waals surface area contributed by atoms with E-state index < -0.39 is 41.6 Å². The van der Waals surface area contributed by atoms with Crippen molar-refractivity contribution in [1.82, 2.24) is 14.9 Å². The molecule has 2 N–H and O–H groups in total. The minimum absolute atomic E-state index is 0.00374. The summed E-state index contributed by atoms with van der Waals surface area (Å²) in [5.74, 6) is -1.70. The Labute approximate surface area is 161 Å². The SMILES string of the molecule is O=C(O)N1C[C@@H](Nc2ncc(F)cn2)[C@H](OCc2ccc(C(F)(F)F)cc2F)C1. The van der Waals surface area contributed by atoms with Crippen LogP contribution in [0.4, 0.5) is 32.7 Å². The molecule has 2 aromatic rings. The van der Waals surface area contributed by atoms with Crippen molar-refractivity contribution in [2.75, 3.05) is 18.4 Å². The normalized spacial score (nSPS) is 19.4. The second kappa shape index (κ2) is 8.15. The molecule has 156 valence electrons. The molecule has 1 aliphatic rings. The predicted molar refractivity (Wildman–Crippen MR) is 89.0 cm³/mol. The van der Waals surface area contributed by atoms with Gasteiger partial charge in [-0.3, -0.25) is 0 Å².